The summed E-state index contributed by atoms with van der Waals surface area (Å²) in [4.78, 5) is 22.4. The quantitative estimate of drug-likeness (QED) is 0.456. The number of hydrogen-bond donors (Lipinski definition) is 3. The number of carbonyl (C=O) groups is 2. The molecule has 9 nitrogen and oxygen atoms in total. The van der Waals surface area contributed by atoms with Crippen LogP contribution in [0.1, 0.15) is 12.8 Å². The zero-order valence-electron chi connectivity index (χ0n) is 16.5. The number of ether oxygens (including phenoxy) is 2. The monoisotopic (exact) mass is 475 g/mol. The zero-order valence-corrected chi connectivity index (χ0v) is 17.3. The normalized spacial score (nSPS) is 11.6. The largest absolute Gasteiger partial charge is 0.573 e. The minimum absolute atomic E-state index is 0.0693. The number of hydrogen-bond acceptors (Lipinski definition) is 6. The van der Waals surface area contributed by atoms with Gasteiger partial charge in [-0.05, 0) is 48.5 Å². The SMILES string of the molecule is NC(=O)CCOc1ccc(NC(=O)CCNS(=O)(=O)c2ccc(OC(F)(F)F)cc2)cc1. The van der Waals surface area contributed by atoms with E-state index in [1.165, 1.54) is 0 Å². The van der Waals surface area contributed by atoms with Gasteiger partial charge in [0.05, 0.1) is 17.9 Å². The Morgan fingerprint density at radius 1 is 0.938 bits per heavy atom. The van der Waals surface area contributed by atoms with Crippen molar-refractivity contribution in [2.45, 2.75) is 24.1 Å². The molecule has 2 aromatic carbocycles. The Morgan fingerprint density at radius 2 is 1.53 bits per heavy atom. The Bertz CT molecular complexity index is 1030. The molecule has 0 atom stereocenters. The lowest BCUT2D eigenvalue weighted by atomic mass is 10.3. The summed E-state index contributed by atoms with van der Waals surface area (Å²) in [5, 5.41) is 2.57. The molecule has 0 aliphatic carbocycles. The molecule has 0 saturated heterocycles. The summed E-state index contributed by atoms with van der Waals surface area (Å²) in [7, 11) is -4.03. The maximum absolute atomic E-state index is 12.2. The molecule has 4 N–H and O–H groups in total. The second-order valence-electron chi connectivity index (χ2n) is 6.30. The number of benzene rings is 2. The van der Waals surface area contributed by atoms with Crippen molar-refractivity contribution >= 4 is 27.5 Å². The summed E-state index contributed by atoms with van der Waals surface area (Å²) >= 11 is 0. The van der Waals surface area contributed by atoms with Gasteiger partial charge in [-0.2, -0.15) is 0 Å². The number of nitrogens with one attached hydrogen (secondary N) is 2. The highest BCUT2D eigenvalue weighted by Crippen LogP contribution is 2.23. The topological polar surface area (TPSA) is 137 Å². The van der Waals surface area contributed by atoms with Crippen LogP contribution in [0.25, 0.3) is 0 Å². The number of primary amides is 1. The number of carbonyl (C=O) groups excluding carboxylic acids is 2. The van der Waals surface area contributed by atoms with Crippen LogP contribution >= 0.6 is 0 Å². The number of anilines is 1. The number of halogens is 3. The third kappa shape index (κ3) is 8.81. The van der Waals surface area contributed by atoms with E-state index in [2.05, 4.69) is 14.8 Å². The minimum Gasteiger partial charge on any atom is -0.493 e. The molecule has 0 fully saturated rings. The number of amides is 2. The molecule has 0 spiro atoms. The van der Waals surface area contributed by atoms with E-state index in [0.717, 1.165) is 24.3 Å². The predicted molar refractivity (Wildman–Crippen MR) is 107 cm³/mol. The van der Waals surface area contributed by atoms with E-state index in [0.29, 0.717) is 11.4 Å². The molecule has 0 heterocycles. The first kappa shape index (κ1) is 24.9. The van der Waals surface area contributed by atoms with Gasteiger partial charge in [0.1, 0.15) is 11.5 Å². The summed E-state index contributed by atoms with van der Waals surface area (Å²) in [5.74, 6) is -1.04. The Balaban J connectivity index is 1.79. The minimum atomic E-state index is -4.88. The Hall–Kier alpha value is -3.32. The van der Waals surface area contributed by atoms with Crippen molar-refractivity contribution in [3.8, 4) is 11.5 Å². The van der Waals surface area contributed by atoms with Crippen molar-refractivity contribution in [2.24, 2.45) is 5.73 Å². The van der Waals surface area contributed by atoms with Crippen LogP contribution in [-0.2, 0) is 19.6 Å². The molecule has 0 unspecified atom stereocenters. The molecular weight excluding hydrogens is 455 g/mol. The van der Waals surface area contributed by atoms with Gasteiger partial charge in [0.25, 0.3) is 0 Å². The molecular formula is C19H20F3N3O6S. The van der Waals surface area contributed by atoms with Crippen molar-refractivity contribution in [1.82, 2.24) is 4.72 Å². The first-order chi connectivity index (χ1) is 14.9. The molecule has 0 bridgehead atoms. The third-order valence-electron chi connectivity index (χ3n) is 3.77. The second-order valence-corrected chi connectivity index (χ2v) is 8.07. The fourth-order valence-electron chi connectivity index (χ4n) is 2.33. The fraction of sp³-hybridized carbons (Fsp3) is 0.263. The average molecular weight is 475 g/mol. The van der Waals surface area contributed by atoms with E-state index in [1.807, 2.05) is 0 Å². The van der Waals surface area contributed by atoms with E-state index in [4.69, 9.17) is 10.5 Å². The lowest BCUT2D eigenvalue weighted by molar-refractivity contribution is -0.274. The van der Waals surface area contributed by atoms with E-state index in [1.54, 1.807) is 24.3 Å². The molecule has 0 radical (unpaired) electrons. The molecule has 2 rings (SSSR count). The van der Waals surface area contributed by atoms with Crippen LogP contribution in [0.5, 0.6) is 11.5 Å². The van der Waals surface area contributed by atoms with Crippen LogP contribution in [0.15, 0.2) is 53.4 Å². The van der Waals surface area contributed by atoms with Gasteiger partial charge in [-0.1, -0.05) is 0 Å². The molecule has 32 heavy (non-hydrogen) atoms. The fourth-order valence-corrected chi connectivity index (χ4v) is 3.36. The standard InChI is InChI=1S/C19H20F3N3O6S/c20-19(21,22)31-15-5-7-16(8-6-15)32(28,29)24-11-9-18(27)25-13-1-3-14(4-2-13)30-12-10-17(23)26/h1-8,24H,9-12H2,(H2,23,26)(H,25,27). The van der Waals surface area contributed by atoms with Crippen LogP contribution in [0.3, 0.4) is 0 Å². The highest BCUT2D eigenvalue weighted by Gasteiger charge is 2.31. The van der Waals surface area contributed by atoms with Gasteiger partial charge in [-0.3, -0.25) is 9.59 Å². The second kappa shape index (κ2) is 10.8. The van der Waals surface area contributed by atoms with Gasteiger partial charge < -0.3 is 20.5 Å². The molecule has 0 saturated carbocycles. The smallest absolute Gasteiger partial charge is 0.493 e. The molecule has 13 heteroatoms. The lowest BCUT2D eigenvalue weighted by Gasteiger charge is -2.10. The molecule has 0 aromatic heterocycles. The maximum Gasteiger partial charge on any atom is 0.573 e. The molecule has 0 aliphatic heterocycles. The Labute approximate surface area is 181 Å². The summed E-state index contributed by atoms with van der Waals surface area (Å²) in [6.07, 6.45) is -5.00. The van der Waals surface area contributed by atoms with Crippen molar-refractivity contribution < 1.29 is 40.7 Å². The Morgan fingerprint density at radius 3 is 2.09 bits per heavy atom. The Kier molecular flexibility index (Phi) is 8.43. The number of nitrogens with two attached hydrogens (primary N) is 1. The molecule has 174 valence electrons. The highest BCUT2D eigenvalue weighted by atomic mass is 32.2. The van der Waals surface area contributed by atoms with Crippen LogP contribution in [-0.4, -0.2) is 39.7 Å². The summed E-state index contributed by atoms with van der Waals surface area (Å²) < 4.78 is 72.0. The molecule has 2 aromatic rings. The molecule has 2 amide bonds. The first-order valence-electron chi connectivity index (χ1n) is 9.11. The zero-order chi connectivity index (χ0) is 23.8. The summed E-state index contributed by atoms with van der Waals surface area (Å²) in [6, 6.07) is 9.93. The van der Waals surface area contributed by atoms with Crippen LogP contribution in [0.4, 0.5) is 18.9 Å². The van der Waals surface area contributed by atoms with Gasteiger partial charge in [0.2, 0.25) is 21.8 Å². The highest BCUT2D eigenvalue weighted by molar-refractivity contribution is 7.89. The van der Waals surface area contributed by atoms with E-state index in [-0.39, 0.29) is 30.9 Å². The van der Waals surface area contributed by atoms with Gasteiger partial charge in [-0.15, -0.1) is 13.2 Å². The average Bonchev–Trinajstić information content (AvgIpc) is 2.68. The van der Waals surface area contributed by atoms with Gasteiger partial charge >= 0.3 is 6.36 Å². The van der Waals surface area contributed by atoms with Crippen molar-refractivity contribution in [3.05, 3.63) is 48.5 Å². The van der Waals surface area contributed by atoms with Gasteiger partial charge in [0, 0.05) is 18.7 Å². The third-order valence-corrected chi connectivity index (χ3v) is 5.24. The van der Waals surface area contributed by atoms with Crippen molar-refractivity contribution in [2.75, 3.05) is 18.5 Å². The maximum atomic E-state index is 12.2. The summed E-state index contributed by atoms with van der Waals surface area (Å²) in [5.41, 5.74) is 5.45. The predicted octanol–water partition coefficient (Wildman–Crippen LogP) is 2.15. The van der Waals surface area contributed by atoms with Gasteiger partial charge in [-0.25, -0.2) is 13.1 Å². The number of sulfonamides is 1. The summed E-state index contributed by atoms with van der Waals surface area (Å²) in [6.45, 7) is -0.109. The number of rotatable bonds is 11. The van der Waals surface area contributed by atoms with E-state index >= 15 is 0 Å². The lowest BCUT2D eigenvalue weighted by Crippen LogP contribution is -2.27. The van der Waals surface area contributed by atoms with Crippen molar-refractivity contribution in [1.29, 1.82) is 0 Å². The van der Waals surface area contributed by atoms with Gasteiger partial charge in [0.15, 0.2) is 0 Å². The van der Waals surface area contributed by atoms with Crippen molar-refractivity contribution in [3.63, 3.8) is 0 Å². The van der Waals surface area contributed by atoms with E-state index < -0.39 is 33.9 Å². The van der Waals surface area contributed by atoms with Crippen LogP contribution in [0.2, 0.25) is 0 Å². The van der Waals surface area contributed by atoms with Crippen LogP contribution in [0, 0.1) is 0 Å². The number of alkyl halides is 3. The van der Waals surface area contributed by atoms with Crippen LogP contribution < -0.4 is 25.2 Å². The van der Waals surface area contributed by atoms with E-state index in [9.17, 15) is 31.2 Å². The first-order valence-corrected chi connectivity index (χ1v) is 10.6. The molecule has 0 aliphatic rings.